The van der Waals surface area contributed by atoms with Gasteiger partial charge in [0.2, 0.25) is 0 Å². The standard InChI is InChI=1S/C33H23F12N/c1-2-3-4-5-6-7-8-12-46(33-26(40)20-19(25(39)30(33)44)23(37)27(41)28(42)24(20)38)32-15-13-14-10-9-11-16(34)17(14)21(35)18(15)22(36)29(43)31(32)45/h9-11,13H,2-8,12H2,1H3. The highest BCUT2D eigenvalue weighted by molar-refractivity contribution is 6.06. The highest BCUT2D eigenvalue weighted by atomic mass is 19.2. The second-order valence-electron chi connectivity index (χ2n) is 10.8. The van der Waals surface area contributed by atoms with Crippen molar-refractivity contribution in [2.75, 3.05) is 11.4 Å². The van der Waals surface area contributed by atoms with E-state index < -0.39 is 115 Å². The van der Waals surface area contributed by atoms with E-state index in [0.717, 1.165) is 43.5 Å². The van der Waals surface area contributed by atoms with Gasteiger partial charge in [-0.25, -0.2) is 52.7 Å². The molecule has 46 heavy (non-hydrogen) atoms. The molecule has 5 aromatic rings. The molecule has 0 unspecified atom stereocenters. The van der Waals surface area contributed by atoms with Gasteiger partial charge in [-0.05, 0) is 23.9 Å². The molecule has 0 atom stereocenters. The lowest BCUT2D eigenvalue weighted by atomic mass is 9.98. The van der Waals surface area contributed by atoms with Crippen LogP contribution in [0.15, 0.2) is 24.3 Å². The summed E-state index contributed by atoms with van der Waals surface area (Å²) >= 11 is 0. The summed E-state index contributed by atoms with van der Waals surface area (Å²) in [5.41, 5.74) is -2.96. The van der Waals surface area contributed by atoms with E-state index in [1.165, 1.54) is 0 Å². The lowest BCUT2D eigenvalue weighted by molar-refractivity contribution is 0.412. The number of rotatable bonds is 10. The van der Waals surface area contributed by atoms with Crippen LogP contribution in [-0.2, 0) is 0 Å². The minimum absolute atomic E-state index is 0.0933. The summed E-state index contributed by atoms with van der Waals surface area (Å²) in [6.45, 7) is 1.25. The average molecular weight is 662 g/mol. The zero-order valence-corrected chi connectivity index (χ0v) is 23.9. The van der Waals surface area contributed by atoms with Gasteiger partial charge in [0.25, 0.3) is 0 Å². The summed E-state index contributed by atoms with van der Waals surface area (Å²) in [6.07, 6.45) is 4.09. The number of hydrogen-bond donors (Lipinski definition) is 0. The smallest absolute Gasteiger partial charge is 0.198 e. The van der Waals surface area contributed by atoms with Gasteiger partial charge in [-0.15, -0.1) is 0 Å². The van der Waals surface area contributed by atoms with Crippen molar-refractivity contribution in [3.63, 3.8) is 0 Å². The molecule has 13 heteroatoms. The largest absolute Gasteiger partial charge is 0.334 e. The molecule has 0 amide bonds. The Hall–Kier alpha value is -4.16. The Morgan fingerprint density at radius 2 is 0.957 bits per heavy atom. The zero-order valence-electron chi connectivity index (χ0n) is 23.9. The van der Waals surface area contributed by atoms with Gasteiger partial charge in [0.15, 0.2) is 58.2 Å². The molecule has 0 heterocycles. The second kappa shape index (κ2) is 12.9. The SMILES string of the molecule is CCCCCCCCCN(c1c(F)c(F)c2c(F)c(F)c(F)c(F)c2c1F)c1c(F)c(F)c(F)c2c(F)c3c(F)cccc3cc12. The minimum Gasteiger partial charge on any atom is -0.334 e. The summed E-state index contributed by atoms with van der Waals surface area (Å²) in [6, 6.07) is 3.84. The summed E-state index contributed by atoms with van der Waals surface area (Å²) in [5, 5.41) is -7.18. The average Bonchev–Trinajstić information content (AvgIpc) is 3.02. The number of hydrogen-bond acceptors (Lipinski definition) is 1. The molecule has 5 aromatic carbocycles. The molecule has 0 aromatic heterocycles. The molecule has 0 aliphatic rings. The van der Waals surface area contributed by atoms with E-state index in [9.17, 15) is 22.0 Å². The van der Waals surface area contributed by atoms with Gasteiger partial charge < -0.3 is 4.90 Å². The third-order valence-corrected chi connectivity index (χ3v) is 7.96. The molecule has 0 bridgehead atoms. The van der Waals surface area contributed by atoms with E-state index in [1.807, 2.05) is 6.92 Å². The van der Waals surface area contributed by atoms with Crippen LogP contribution in [0.2, 0.25) is 0 Å². The molecule has 0 N–H and O–H groups in total. The molecule has 5 rings (SSSR count). The van der Waals surface area contributed by atoms with Gasteiger partial charge >= 0.3 is 0 Å². The van der Waals surface area contributed by atoms with Crippen LogP contribution in [0.1, 0.15) is 51.9 Å². The molecule has 0 fully saturated rings. The topological polar surface area (TPSA) is 3.24 Å². The Morgan fingerprint density at radius 3 is 1.59 bits per heavy atom. The van der Waals surface area contributed by atoms with Gasteiger partial charge in [-0.3, -0.25) is 0 Å². The third kappa shape index (κ3) is 5.27. The molecular weight excluding hydrogens is 638 g/mol. The molecule has 0 saturated heterocycles. The van der Waals surface area contributed by atoms with Crippen molar-refractivity contribution in [1.29, 1.82) is 0 Å². The van der Waals surface area contributed by atoms with E-state index in [0.29, 0.717) is 12.8 Å². The second-order valence-corrected chi connectivity index (χ2v) is 10.8. The fourth-order valence-corrected chi connectivity index (χ4v) is 5.73. The van der Waals surface area contributed by atoms with E-state index in [4.69, 9.17) is 0 Å². The molecule has 1 nitrogen and oxygen atoms in total. The summed E-state index contributed by atoms with van der Waals surface area (Å²) in [5.74, 6) is -26.6. The lowest BCUT2D eigenvalue weighted by Crippen LogP contribution is -2.25. The molecule has 244 valence electrons. The number of halogens is 12. The zero-order chi connectivity index (χ0) is 33.6. The van der Waals surface area contributed by atoms with Crippen LogP contribution in [0.4, 0.5) is 64.1 Å². The normalized spacial score (nSPS) is 11.8. The Bertz CT molecular complexity index is 2010. The predicted octanol–water partition coefficient (Wildman–Crippen LogP) is 11.7. The van der Waals surface area contributed by atoms with E-state index in [1.54, 1.807) is 0 Å². The fourth-order valence-electron chi connectivity index (χ4n) is 5.73. The van der Waals surface area contributed by atoms with Gasteiger partial charge in [0.05, 0.1) is 27.2 Å². The van der Waals surface area contributed by atoms with Crippen LogP contribution in [0.25, 0.3) is 32.3 Å². The Kier molecular flexibility index (Phi) is 9.33. The molecule has 0 aliphatic carbocycles. The number of fused-ring (bicyclic) bond motifs is 3. The quantitative estimate of drug-likeness (QED) is 0.0473. The van der Waals surface area contributed by atoms with Crippen LogP contribution in [-0.4, -0.2) is 6.54 Å². The Morgan fingerprint density at radius 1 is 0.457 bits per heavy atom. The molecular formula is C33H23F12N. The van der Waals surface area contributed by atoms with Crippen molar-refractivity contribution in [3.8, 4) is 0 Å². The van der Waals surface area contributed by atoms with Crippen molar-refractivity contribution < 1.29 is 52.7 Å². The van der Waals surface area contributed by atoms with E-state index >= 15 is 30.7 Å². The van der Waals surface area contributed by atoms with Crippen LogP contribution in [0, 0.1) is 69.8 Å². The number of nitrogens with zero attached hydrogens (tertiary/aromatic N) is 1. The Labute approximate surface area is 254 Å². The molecule has 0 aliphatic heterocycles. The van der Waals surface area contributed by atoms with Crippen molar-refractivity contribution in [1.82, 2.24) is 0 Å². The van der Waals surface area contributed by atoms with Gasteiger partial charge in [0.1, 0.15) is 17.3 Å². The van der Waals surface area contributed by atoms with Gasteiger partial charge in [-0.1, -0.05) is 57.6 Å². The summed E-state index contributed by atoms with van der Waals surface area (Å²) < 4.78 is 181. The molecule has 0 spiro atoms. The van der Waals surface area contributed by atoms with Crippen molar-refractivity contribution >= 4 is 43.7 Å². The van der Waals surface area contributed by atoms with Crippen LogP contribution in [0.5, 0.6) is 0 Å². The number of unbranched alkanes of at least 4 members (excludes halogenated alkanes) is 6. The number of benzene rings is 5. The molecule has 0 saturated carbocycles. The first-order chi connectivity index (χ1) is 21.8. The van der Waals surface area contributed by atoms with Gasteiger partial charge in [0, 0.05) is 11.9 Å². The van der Waals surface area contributed by atoms with Crippen molar-refractivity contribution in [2.45, 2.75) is 51.9 Å². The van der Waals surface area contributed by atoms with Crippen molar-refractivity contribution in [3.05, 3.63) is 94.1 Å². The van der Waals surface area contributed by atoms with Gasteiger partial charge in [-0.2, -0.15) is 0 Å². The molecule has 0 radical (unpaired) electrons. The van der Waals surface area contributed by atoms with Crippen LogP contribution in [0.3, 0.4) is 0 Å². The highest BCUT2D eigenvalue weighted by Gasteiger charge is 2.36. The van der Waals surface area contributed by atoms with Crippen LogP contribution >= 0.6 is 0 Å². The lowest BCUT2D eigenvalue weighted by Gasteiger charge is -2.29. The predicted molar refractivity (Wildman–Crippen MR) is 150 cm³/mol. The Balaban J connectivity index is 1.84. The number of anilines is 2. The maximum Gasteiger partial charge on any atom is 0.198 e. The summed E-state index contributed by atoms with van der Waals surface area (Å²) in [7, 11) is 0. The first kappa shape index (κ1) is 33.2. The minimum atomic E-state index is -2.57. The maximum atomic E-state index is 16.1. The van der Waals surface area contributed by atoms with E-state index in [2.05, 4.69) is 0 Å². The first-order valence-corrected chi connectivity index (χ1v) is 14.3. The maximum absolute atomic E-state index is 16.1. The highest BCUT2D eigenvalue weighted by Crippen LogP contribution is 2.45. The first-order valence-electron chi connectivity index (χ1n) is 14.3. The van der Waals surface area contributed by atoms with Crippen molar-refractivity contribution in [2.24, 2.45) is 0 Å². The van der Waals surface area contributed by atoms with E-state index in [-0.39, 0.29) is 23.1 Å². The van der Waals surface area contributed by atoms with Crippen LogP contribution < -0.4 is 4.90 Å². The fraction of sp³-hybridized carbons (Fsp3) is 0.273. The summed E-state index contributed by atoms with van der Waals surface area (Å²) in [4.78, 5) is 0.239. The third-order valence-electron chi connectivity index (χ3n) is 7.96. The monoisotopic (exact) mass is 661 g/mol.